The molecule has 0 radical (unpaired) electrons. The average molecular weight is 443 g/mol. The van der Waals surface area contributed by atoms with Crippen molar-refractivity contribution in [2.24, 2.45) is 4.99 Å². The van der Waals surface area contributed by atoms with Gasteiger partial charge in [-0.1, -0.05) is 0 Å². The largest absolute Gasteiger partial charge is 0.480 e. The molecule has 1 aliphatic heterocycles. The predicted octanol–water partition coefficient (Wildman–Crippen LogP) is 1.29. The molecule has 2 heterocycles. The Hall–Kier alpha value is -2.10. The molecule has 0 aliphatic carbocycles. The number of piperazine rings is 1. The number of halogens is 1. The molecule has 0 amide bonds. The highest BCUT2D eigenvalue weighted by Gasteiger charge is 2.22. The zero-order valence-electron chi connectivity index (χ0n) is 16.1. The molecule has 2 rings (SSSR count). The monoisotopic (exact) mass is 442 g/mol. The molecule has 0 aromatic carbocycles. The number of aliphatic imine (C=N–C) groups is 1. The molecule has 150 valence electrons. The molecule has 1 N–H and O–H groups in total. The first-order valence-electron chi connectivity index (χ1n) is 9.01. The number of carbonyl (C=O) groups is 1. The third-order valence-corrected chi connectivity index (χ3v) is 4.66. The van der Waals surface area contributed by atoms with Crippen molar-refractivity contribution in [2.45, 2.75) is 19.8 Å². The third-order valence-electron chi connectivity index (χ3n) is 4.11. The fourth-order valence-electron chi connectivity index (χ4n) is 2.75. The molecule has 0 bridgehead atoms. The quantitative estimate of drug-likeness (QED) is 0.292. The Morgan fingerprint density at radius 1 is 1.37 bits per heavy atom. The lowest BCUT2D eigenvalue weighted by Crippen LogP contribution is -2.53. The van der Waals surface area contributed by atoms with Crippen molar-refractivity contribution < 1.29 is 14.3 Å². The second kappa shape index (κ2) is 10.9. The number of ether oxygens (including phenoxy) is 2. The normalized spacial score (nSPS) is 14.9. The van der Waals surface area contributed by atoms with E-state index in [0.29, 0.717) is 37.8 Å². The highest BCUT2D eigenvalue weighted by atomic mass is 79.9. The van der Waals surface area contributed by atoms with E-state index < -0.39 is 0 Å². The Morgan fingerprint density at radius 2 is 2.11 bits per heavy atom. The van der Waals surface area contributed by atoms with Crippen LogP contribution in [0.1, 0.15) is 19.8 Å². The predicted molar refractivity (Wildman–Crippen MR) is 107 cm³/mol. The molecule has 1 aromatic heterocycles. The smallest absolute Gasteiger partial charge is 0.305 e. The molecule has 27 heavy (non-hydrogen) atoms. The maximum atomic E-state index is 11.4. The van der Waals surface area contributed by atoms with E-state index >= 15 is 0 Å². The van der Waals surface area contributed by atoms with E-state index in [1.165, 1.54) is 0 Å². The minimum Gasteiger partial charge on any atom is -0.480 e. The number of nitrogens with zero attached hydrogens (tertiary/aromatic N) is 5. The molecular weight excluding hydrogens is 416 g/mol. The minimum absolute atomic E-state index is 0.159. The molecule has 1 aliphatic rings. The van der Waals surface area contributed by atoms with E-state index in [0.717, 1.165) is 36.6 Å². The number of anilines is 1. The number of hydrogen-bond acceptors (Lipinski definition) is 7. The van der Waals surface area contributed by atoms with Gasteiger partial charge in [-0.15, -0.1) is 0 Å². The van der Waals surface area contributed by atoms with Crippen LogP contribution in [0, 0.1) is 0 Å². The molecule has 1 saturated heterocycles. The maximum Gasteiger partial charge on any atom is 0.305 e. The molecule has 0 atom stereocenters. The topological polar surface area (TPSA) is 92.2 Å². The first-order valence-corrected chi connectivity index (χ1v) is 9.81. The Morgan fingerprint density at radius 3 is 2.74 bits per heavy atom. The summed E-state index contributed by atoms with van der Waals surface area (Å²) in [5.74, 6) is 1.87. The summed E-state index contributed by atoms with van der Waals surface area (Å²) in [7, 11) is 3.36. The second-order valence-corrected chi connectivity index (χ2v) is 6.74. The lowest BCUT2D eigenvalue weighted by atomic mass is 10.3. The van der Waals surface area contributed by atoms with Crippen LogP contribution in [-0.2, 0) is 9.53 Å². The molecular formula is C17H27BrN6O3. The van der Waals surface area contributed by atoms with Crippen molar-refractivity contribution in [3.05, 3.63) is 10.7 Å². The second-order valence-electron chi connectivity index (χ2n) is 5.88. The zero-order valence-corrected chi connectivity index (χ0v) is 17.7. The van der Waals surface area contributed by atoms with Crippen LogP contribution in [0.15, 0.2) is 15.7 Å². The van der Waals surface area contributed by atoms with Crippen LogP contribution in [0.25, 0.3) is 0 Å². The number of aromatic nitrogens is 2. The van der Waals surface area contributed by atoms with E-state index in [2.05, 4.69) is 46.0 Å². The van der Waals surface area contributed by atoms with E-state index in [4.69, 9.17) is 9.47 Å². The highest BCUT2D eigenvalue weighted by molar-refractivity contribution is 9.10. The highest BCUT2D eigenvalue weighted by Crippen LogP contribution is 2.23. The first-order chi connectivity index (χ1) is 13.1. The lowest BCUT2D eigenvalue weighted by Gasteiger charge is -2.36. The van der Waals surface area contributed by atoms with Crippen LogP contribution in [-0.4, -0.2) is 80.3 Å². The van der Waals surface area contributed by atoms with Gasteiger partial charge in [-0.2, -0.15) is 4.98 Å². The number of nitrogens with one attached hydrogen (secondary N) is 1. The Labute approximate surface area is 168 Å². The van der Waals surface area contributed by atoms with E-state index in [-0.39, 0.29) is 5.97 Å². The van der Waals surface area contributed by atoms with Crippen LogP contribution in [0.3, 0.4) is 0 Å². The van der Waals surface area contributed by atoms with Crippen molar-refractivity contribution in [1.29, 1.82) is 0 Å². The average Bonchev–Trinajstić information content (AvgIpc) is 2.69. The summed E-state index contributed by atoms with van der Waals surface area (Å²) in [6.07, 6.45) is 2.83. The summed E-state index contributed by atoms with van der Waals surface area (Å²) >= 11 is 3.37. The van der Waals surface area contributed by atoms with E-state index in [1.54, 1.807) is 20.4 Å². The Bertz CT molecular complexity index is 650. The van der Waals surface area contributed by atoms with Gasteiger partial charge in [0.15, 0.2) is 5.96 Å². The molecule has 1 aromatic rings. The number of hydrogen-bond donors (Lipinski definition) is 1. The fraction of sp³-hybridized carbons (Fsp3) is 0.647. The van der Waals surface area contributed by atoms with Crippen LogP contribution in [0.4, 0.5) is 5.95 Å². The molecule has 1 fully saturated rings. The standard InChI is InChI=1S/C17H27BrN6O3/c1-4-27-14(25)6-5-7-20-16(19-2)23-8-10-24(11-9-23)17-21-12-13(18)15(22-17)26-3/h12H,4-11H2,1-3H3,(H,19,20). The minimum atomic E-state index is -0.159. The summed E-state index contributed by atoms with van der Waals surface area (Å²) in [5.41, 5.74) is 0. The first kappa shape index (κ1) is 21.2. The van der Waals surface area contributed by atoms with Crippen LogP contribution < -0.4 is 15.0 Å². The van der Waals surface area contributed by atoms with Gasteiger partial charge in [-0.05, 0) is 29.3 Å². The Kier molecular flexibility index (Phi) is 8.56. The summed E-state index contributed by atoms with van der Waals surface area (Å²) in [6.45, 7) is 6.10. The van der Waals surface area contributed by atoms with Gasteiger partial charge in [0.05, 0.1) is 24.4 Å². The molecule has 0 spiro atoms. The lowest BCUT2D eigenvalue weighted by molar-refractivity contribution is -0.143. The molecule has 0 unspecified atom stereocenters. The van der Waals surface area contributed by atoms with Crippen molar-refractivity contribution in [3.8, 4) is 5.88 Å². The molecule has 0 saturated carbocycles. The number of guanidine groups is 1. The van der Waals surface area contributed by atoms with Gasteiger partial charge in [0.2, 0.25) is 11.8 Å². The molecule has 9 nitrogen and oxygen atoms in total. The van der Waals surface area contributed by atoms with Crippen molar-refractivity contribution in [1.82, 2.24) is 20.2 Å². The fourth-order valence-corrected chi connectivity index (χ4v) is 3.11. The third kappa shape index (κ3) is 6.23. The summed E-state index contributed by atoms with van der Waals surface area (Å²) in [4.78, 5) is 28.8. The number of rotatable bonds is 7. The zero-order chi connectivity index (χ0) is 19.6. The summed E-state index contributed by atoms with van der Waals surface area (Å²) < 4.78 is 10.9. The van der Waals surface area contributed by atoms with Crippen molar-refractivity contribution in [2.75, 3.05) is 58.4 Å². The Balaban J connectivity index is 1.80. The summed E-state index contributed by atoms with van der Waals surface area (Å²) in [5, 5.41) is 3.31. The SMILES string of the molecule is CCOC(=O)CCCNC(=NC)N1CCN(c2ncc(Br)c(OC)n2)CC1. The van der Waals surface area contributed by atoms with Gasteiger partial charge in [-0.3, -0.25) is 9.79 Å². The van der Waals surface area contributed by atoms with Crippen LogP contribution in [0.5, 0.6) is 5.88 Å². The van der Waals surface area contributed by atoms with Gasteiger partial charge < -0.3 is 24.6 Å². The molecule has 10 heteroatoms. The van der Waals surface area contributed by atoms with Gasteiger partial charge in [0.25, 0.3) is 0 Å². The van der Waals surface area contributed by atoms with Crippen molar-refractivity contribution >= 4 is 33.8 Å². The number of esters is 1. The van der Waals surface area contributed by atoms with Gasteiger partial charge in [0, 0.05) is 46.2 Å². The maximum absolute atomic E-state index is 11.4. The van der Waals surface area contributed by atoms with Crippen LogP contribution in [0.2, 0.25) is 0 Å². The van der Waals surface area contributed by atoms with Crippen molar-refractivity contribution in [3.63, 3.8) is 0 Å². The van der Waals surface area contributed by atoms with Gasteiger partial charge in [0.1, 0.15) is 0 Å². The van der Waals surface area contributed by atoms with Crippen LogP contribution >= 0.6 is 15.9 Å². The number of methoxy groups -OCH3 is 1. The van der Waals surface area contributed by atoms with E-state index in [9.17, 15) is 4.79 Å². The van der Waals surface area contributed by atoms with Gasteiger partial charge in [-0.25, -0.2) is 4.98 Å². The number of carbonyl (C=O) groups excluding carboxylic acids is 1. The summed E-state index contributed by atoms with van der Waals surface area (Å²) in [6, 6.07) is 0. The van der Waals surface area contributed by atoms with E-state index in [1.807, 2.05) is 6.92 Å². The van der Waals surface area contributed by atoms with Gasteiger partial charge >= 0.3 is 5.97 Å².